The van der Waals surface area contributed by atoms with E-state index in [1.54, 1.807) is 11.3 Å². The van der Waals surface area contributed by atoms with Gasteiger partial charge in [0.15, 0.2) is 0 Å². The molecule has 0 saturated carbocycles. The molecule has 0 saturated heterocycles. The van der Waals surface area contributed by atoms with Crippen LogP contribution < -0.4 is 10.2 Å². The van der Waals surface area contributed by atoms with Crippen LogP contribution in [-0.4, -0.2) is 22.4 Å². The van der Waals surface area contributed by atoms with E-state index in [2.05, 4.69) is 82.6 Å². The van der Waals surface area contributed by atoms with Crippen LogP contribution in [0.2, 0.25) is 0 Å². The van der Waals surface area contributed by atoms with E-state index in [0.29, 0.717) is 6.61 Å². The van der Waals surface area contributed by atoms with Crippen molar-refractivity contribution in [1.29, 1.82) is 0 Å². The number of thiazole rings is 1. The zero-order chi connectivity index (χ0) is 21.9. The molecule has 0 atom stereocenters. The van der Waals surface area contributed by atoms with Crippen LogP contribution in [0.3, 0.4) is 0 Å². The maximum absolute atomic E-state index is 6.00. The minimum absolute atomic E-state index is 0.599. The first kappa shape index (κ1) is 20.3. The lowest BCUT2D eigenvalue weighted by atomic mass is 10.1. The number of fused-ring (bicyclic) bond motifs is 2. The number of hydrogen-bond acceptors (Lipinski definition) is 5. The van der Waals surface area contributed by atoms with Gasteiger partial charge in [0.25, 0.3) is 0 Å². The normalized spacial score (nSPS) is 11.6. The van der Waals surface area contributed by atoms with Crippen molar-refractivity contribution in [3.63, 3.8) is 0 Å². The zero-order valence-corrected chi connectivity index (χ0v) is 18.9. The van der Waals surface area contributed by atoms with Crippen LogP contribution in [0.4, 0.5) is 5.13 Å². The van der Waals surface area contributed by atoms with Gasteiger partial charge in [-0.2, -0.15) is 5.10 Å². The minimum atomic E-state index is 0.599. The van der Waals surface area contributed by atoms with Crippen molar-refractivity contribution >= 4 is 43.8 Å². The van der Waals surface area contributed by atoms with Crippen molar-refractivity contribution in [2.75, 3.05) is 12.0 Å². The van der Waals surface area contributed by atoms with Crippen LogP contribution in [0.1, 0.15) is 16.7 Å². The molecule has 0 aliphatic carbocycles. The van der Waals surface area contributed by atoms with Crippen molar-refractivity contribution in [2.45, 2.75) is 20.4 Å². The van der Waals surface area contributed by atoms with E-state index < -0.39 is 0 Å². The molecule has 0 amide bonds. The maximum Gasteiger partial charge on any atom is 0.204 e. The molecule has 0 spiro atoms. The van der Waals surface area contributed by atoms with Crippen molar-refractivity contribution in [3.8, 4) is 5.75 Å². The van der Waals surface area contributed by atoms with Crippen molar-refractivity contribution in [1.82, 2.24) is 9.55 Å². The first-order valence-corrected chi connectivity index (χ1v) is 11.4. The molecular formula is C26H24N4OS. The molecule has 0 radical (unpaired) electrons. The molecule has 1 N–H and O–H groups in total. The van der Waals surface area contributed by atoms with E-state index in [9.17, 15) is 0 Å². The number of aromatic nitrogens is 2. The number of para-hydroxylation sites is 2. The summed E-state index contributed by atoms with van der Waals surface area (Å²) in [5.74, 6) is 0.909. The van der Waals surface area contributed by atoms with Crippen LogP contribution in [-0.2, 0) is 6.54 Å². The summed E-state index contributed by atoms with van der Waals surface area (Å²) in [5, 5.41) is 6.39. The predicted octanol–water partition coefficient (Wildman–Crippen LogP) is 6.39. The summed E-state index contributed by atoms with van der Waals surface area (Å²) in [5.41, 5.74) is 8.79. The Balaban J connectivity index is 1.30. The number of aryl methyl sites for hydroxylation is 2. The Labute approximate surface area is 191 Å². The van der Waals surface area contributed by atoms with Crippen LogP contribution in [0.25, 0.3) is 21.1 Å². The van der Waals surface area contributed by atoms with E-state index >= 15 is 0 Å². The third kappa shape index (κ3) is 4.22. The Morgan fingerprint density at radius 1 is 1.03 bits per heavy atom. The number of ether oxygens (including phenoxy) is 1. The van der Waals surface area contributed by atoms with Crippen LogP contribution in [0, 0.1) is 13.8 Å². The van der Waals surface area contributed by atoms with E-state index in [1.807, 2.05) is 30.5 Å². The second-order valence-electron chi connectivity index (χ2n) is 7.75. The number of rotatable bonds is 7. The second kappa shape index (κ2) is 8.85. The Hall–Kier alpha value is -3.64. The fourth-order valence-electron chi connectivity index (χ4n) is 3.71. The van der Waals surface area contributed by atoms with Crippen molar-refractivity contribution < 1.29 is 4.74 Å². The highest BCUT2D eigenvalue weighted by Gasteiger charge is 2.07. The van der Waals surface area contributed by atoms with Gasteiger partial charge in [-0.1, -0.05) is 47.7 Å². The van der Waals surface area contributed by atoms with E-state index in [1.165, 1.54) is 11.1 Å². The van der Waals surface area contributed by atoms with Crippen LogP contribution in [0.5, 0.6) is 5.75 Å². The van der Waals surface area contributed by atoms with Gasteiger partial charge < -0.3 is 9.30 Å². The maximum atomic E-state index is 6.00. The summed E-state index contributed by atoms with van der Waals surface area (Å²) in [4.78, 5) is 4.56. The van der Waals surface area contributed by atoms with E-state index in [4.69, 9.17) is 4.74 Å². The molecule has 5 nitrogen and oxygen atoms in total. The highest BCUT2D eigenvalue weighted by Crippen LogP contribution is 2.25. The molecule has 2 heterocycles. The van der Waals surface area contributed by atoms with Gasteiger partial charge in [-0.05, 0) is 55.3 Å². The Kier molecular flexibility index (Phi) is 5.60. The molecule has 0 unspecified atom stereocenters. The monoisotopic (exact) mass is 440 g/mol. The average molecular weight is 441 g/mol. The van der Waals surface area contributed by atoms with Crippen LogP contribution in [0.15, 0.2) is 78.0 Å². The molecular weight excluding hydrogens is 416 g/mol. The molecule has 6 heteroatoms. The van der Waals surface area contributed by atoms with Gasteiger partial charge in [-0.25, -0.2) is 4.98 Å². The zero-order valence-electron chi connectivity index (χ0n) is 18.1. The fourth-order valence-corrected chi connectivity index (χ4v) is 4.52. The molecule has 0 fully saturated rings. The SMILES string of the molecule is Cc1ccc(OCCn2cc(C=NNc3nc4ccccc4s3)c3ccccc32)cc1C. The number of hydrogen-bond donors (Lipinski definition) is 1. The second-order valence-corrected chi connectivity index (χ2v) is 8.78. The molecule has 2 aromatic heterocycles. The quantitative estimate of drug-likeness (QED) is 0.236. The lowest BCUT2D eigenvalue weighted by Crippen LogP contribution is -2.07. The first-order valence-electron chi connectivity index (χ1n) is 10.6. The standard InChI is InChI=1S/C26H24N4OS/c1-18-11-12-21(15-19(18)2)31-14-13-30-17-20(22-7-3-5-9-24(22)30)16-27-29-26-28-23-8-4-6-10-25(23)32-26/h3-12,15-17H,13-14H2,1-2H3,(H,28,29). The molecule has 0 aliphatic rings. The highest BCUT2D eigenvalue weighted by atomic mass is 32.1. The molecule has 5 rings (SSSR count). The van der Waals surface area contributed by atoms with Gasteiger partial charge in [-0.15, -0.1) is 0 Å². The number of anilines is 1. The average Bonchev–Trinajstić information content (AvgIpc) is 3.38. The molecule has 160 valence electrons. The third-order valence-corrected chi connectivity index (χ3v) is 6.50. The van der Waals surface area contributed by atoms with Gasteiger partial charge >= 0.3 is 0 Å². The van der Waals surface area contributed by atoms with Gasteiger partial charge in [-0.3, -0.25) is 5.43 Å². The third-order valence-electron chi connectivity index (χ3n) is 5.56. The molecule has 5 aromatic rings. The topological polar surface area (TPSA) is 51.4 Å². The Morgan fingerprint density at radius 2 is 1.88 bits per heavy atom. The minimum Gasteiger partial charge on any atom is -0.492 e. The largest absolute Gasteiger partial charge is 0.492 e. The summed E-state index contributed by atoms with van der Waals surface area (Å²) in [6.07, 6.45) is 3.98. The van der Waals surface area contributed by atoms with Gasteiger partial charge in [0.2, 0.25) is 5.13 Å². The lowest BCUT2D eigenvalue weighted by Gasteiger charge is -2.10. The number of benzene rings is 3. The number of hydrazone groups is 1. The van der Waals surface area contributed by atoms with E-state index in [-0.39, 0.29) is 0 Å². The molecule has 0 aliphatic heterocycles. The highest BCUT2D eigenvalue weighted by molar-refractivity contribution is 7.22. The summed E-state index contributed by atoms with van der Waals surface area (Å²) in [6, 6.07) is 22.7. The lowest BCUT2D eigenvalue weighted by molar-refractivity contribution is 0.300. The van der Waals surface area contributed by atoms with Crippen molar-refractivity contribution in [3.05, 3.63) is 89.6 Å². The predicted molar refractivity (Wildman–Crippen MR) is 134 cm³/mol. The van der Waals surface area contributed by atoms with Gasteiger partial charge in [0.1, 0.15) is 12.4 Å². The van der Waals surface area contributed by atoms with Gasteiger partial charge in [0.05, 0.1) is 23.0 Å². The van der Waals surface area contributed by atoms with Gasteiger partial charge in [0, 0.05) is 22.7 Å². The summed E-state index contributed by atoms with van der Waals surface area (Å²) < 4.78 is 9.36. The first-order chi connectivity index (χ1) is 15.7. The van der Waals surface area contributed by atoms with E-state index in [0.717, 1.165) is 44.1 Å². The summed E-state index contributed by atoms with van der Waals surface area (Å²) >= 11 is 1.59. The Morgan fingerprint density at radius 3 is 2.75 bits per heavy atom. The smallest absolute Gasteiger partial charge is 0.204 e. The number of nitrogens with one attached hydrogen (secondary N) is 1. The fraction of sp³-hybridized carbons (Fsp3) is 0.154. The Bertz CT molecular complexity index is 1380. The molecule has 32 heavy (non-hydrogen) atoms. The van der Waals surface area contributed by atoms with Crippen molar-refractivity contribution in [2.24, 2.45) is 5.10 Å². The molecule has 0 bridgehead atoms. The van der Waals surface area contributed by atoms with Crippen LogP contribution >= 0.6 is 11.3 Å². The number of nitrogens with zero attached hydrogens (tertiary/aromatic N) is 3. The summed E-state index contributed by atoms with van der Waals surface area (Å²) in [7, 11) is 0. The summed E-state index contributed by atoms with van der Waals surface area (Å²) in [6.45, 7) is 5.57. The molecule has 3 aromatic carbocycles.